The van der Waals surface area contributed by atoms with Gasteiger partial charge in [-0.25, -0.2) is 12.4 Å². The molecule has 28 heavy (non-hydrogen) atoms. The van der Waals surface area contributed by atoms with Crippen LogP contribution in [0.15, 0.2) is 65.7 Å². The van der Waals surface area contributed by atoms with Gasteiger partial charge in [-0.05, 0) is 61.6 Å². The molecule has 0 aliphatic heterocycles. The first-order valence-corrected chi connectivity index (χ1v) is 10.2. The first-order chi connectivity index (χ1) is 13.3. The standard InChI is InChI=1S/C21H22N2O4S/c1-22(2)14-17-4-8-20(9-5-17)28(26,27)23-12-11-18-13-16(6-10-21(18)23)3-7-19(25)15-24/h3-13,24H,14-15H2,1-2H3/b7-3+. The number of carbonyl (C=O) groups excluding carboxylic acids is 1. The molecule has 0 atom stereocenters. The summed E-state index contributed by atoms with van der Waals surface area (Å²) in [5, 5.41) is 9.51. The van der Waals surface area contributed by atoms with Crippen LogP contribution in [0.2, 0.25) is 0 Å². The van der Waals surface area contributed by atoms with E-state index >= 15 is 0 Å². The Kier molecular flexibility index (Phi) is 5.79. The van der Waals surface area contributed by atoms with E-state index in [-0.39, 0.29) is 4.90 Å². The Bertz CT molecular complexity index is 1130. The van der Waals surface area contributed by atoms with Gasteiger partial charge >= 0.3 is 0 Å². The average Bonchev–Trinajstić information content (AvgIpc) is 3.10. The second-order valence-corrected chi connectivity index (χ2v) is 8.59. The number of aliphatic hydroxyl groups excluding tert-OH is 1. The lowest BCUT2D eigenvalue weighted by atomic mass is 10.1. The third kappa shape index (κ3) is 4.22. The first-order valence-electron chi connectivity index (χ1n) is 8.73. The lowest BCUT2D eigenvalue weighted by molar-refractivity contribution is -0.117. The summed E-state index contributed by atoms with van der Waals surface area (Å²) in [6.45, 7) is 0.197. The largest absolute Gasteiger partial charge is 0.388 e. The van der Waals surface area contributed by atoms with Gasteiger partial charge in [0, 0.05) is 18.1 Å². The van der Waals surface area contributed by atoms with Gasteiger partial charge in [-0.15, -0.1) is 0 Å². The number of nitrogens with zero attached hydrogens (tertiary/aromatic N) is 2. The van der Waals surface area contributed by atoms with Crippen molar-refractivity contribution in [2.75, 3.05) is 20.7 Å². The maximum absolute atomic E-state index is 13.0. The smallest absolute Gasteiger partial charge is 0.268 e. The molecule has 6 nitrogen and oxygen atoms in total. The Morgan fingerprint density at radius 1 is 1.11 bits per heavy atom. The number of ketones is 1. The Hall–Kier alpha value is -2.74. The maximum atomic E-state index is 13.0. The zero-order valence-corrected chi connectivity index (χ0v) is 16.6. The van der Waals surface area contributed by atoms with E-state index in [1.54, 1.807) is 42.5 Å². The van der Waals surface area contributed by atoms with Crippen LogP contribution in [0.5, 0.6) is 0 Å². The third-order valence-electron chi connectivity index (χ3n) is 4.27. The molecule has 0 aliphatic rings. The predicted molar refractivity (Wildman–Crippen MR) is 109 cm³/mol. The number of benzene rings is 2. The summed E-state index contributed by atoms with van der Waals surface area (Å²) in [6, 6.07) is 13.8. The van der Waals surface area contributed by atoms with Crippen molar-refractivity contribution >= 4 is 32.8 Å². The van der Waals surface area contributed by atoms with Crippen LogP contribution in [0.4, 0.5) is 0 Å². The minimum Gasteiger partial charge on any atom is -0.388 e. The van der Waals surface area contributed by atoms with Gasteiger partial charge in [0.1, 0.15) is 6.61 Å². The summed E-state index contributed by atoms with van der Waals surface area (Å²) in [6.07, 6.45) is 4.41. The van der Waals surface area contributed by atoms with Crippen LogP contribution in [-0.2, 0) is 21.4 Å². The summed E-state index contributed by atoms with van der Waals surface area (Å²) in [5.74, 6) is -0.391. The second kappa shape index (κ2) is 8.10. The fourth-order valence-corrected chi connectivity index (χ4v) is 4.29. The summed E-state index contributed by atoms with van der Waals surface area (Å²) in [7, 11) is 0.204. The Morgan fingerprint density at radius 2 is 1.82 bits per heavy atom. The zero-order valence-electron chi connectivity index (χ0n) is 15.7. The summed E-state index contributed by atoms with van der Waals surface area (Å²) >= 11 is 0. The molecular formula is C21H22N2O4S. The molecule has 1 aromatic heterocycles. The van der Waals surface area contributed by atoms with Crippen molar-refractivity contribution < 1.29 is 18.3 Å². The maximum Gasteiger partial charge on any atom is 0.268 e. The molecule has 0 unspecified atom stereocenters. The van der Waals surface area contributed by atoms with Crippen LogP contribution < -0.4 is 0 Å². The number of carbonyl (C=O) groups is 1. The van der Waals surface area contributed by atoms with E-state index in [1.165, 1.54) is 16.2 Å². The van der Waals surface area contributed by atoms with Crippen LogP contribution >= 0.6 is 0 Å². The fraction of sp³-hybridized carbons (Fsp3) is 0.190. The van der Waals surface area contributed by atoms with Crippen molar-refractivity contribution in [3.63, 3.8) is 0 Å². The molecule has 0 saturated carbocycles. The van der Waals surface area contributed by atoms with Crippen LogP contribution in [0.25, 0.3) is 17.0 Å². The molecule has 0 fully saturated rings. The minimum atomic E-state index is -3.71. The van der Waals surface area contributed by atoms with Crippen molar-refractivity contribution in [2.45, 2.75) is 11.4 Å². The van der Waals surface area contributed by atoms with E-state index in [9.17, 15) is 13.2 Å². The van der Waals surface area contributed by atoms with E-state index in [1.807, 2.05) is 31.1 Å². The molecule has 0 spiro atoms. The number of rotatable bonds is 7. The topological polar surface area (TPSA) is 79.6 Å². The molecule has 0 aliphatic carbocycles. The molecule has 146 valence electrons. The number of hydrogen-bond acceptors (Lipinski definition) is 5. The number of hydrogen-bond donors (Lipinski definition) is 1. The Morgan fingerprint density at radius 3 is 2.46 bits per heavy atom. The summed E-state index contributed by atoms with van der Waals surface area (Å²) in [5.41, 5.74) is 2.34. The monoisotopic (exact) mass is 398 g/mol. The molecule has 3 aromatic rings. The number of fused-ring (bicyclic) bond motifs is 1. The van der Waals surface area contributed by atoms with Gasteiger partial charge in [0.2, 0.25) is 0 Å². The third-order valence-corrected chi connectivity index (χ3v) is 5.98. The van der Waals surface area contributed by atoms with Crippen molar-refractivity contribution in [1.29, 1.82) is 0 Å². The van der Waals surface area contributed by atoms with Gasteiger partial charge in [-0.2, -0.15) is 0 Å². The van der Waals surface area contributed by atoms with Crippen LogP contribution in [0.1, 0.15) is 11.1 Å². The van der Waals surface area contributed by atoms with E-state index in [0.717, 1.165) is 23.1 Å². The highest BCUT2D eigenvalue weighted by Crippen LogP contribution is 2.24. The molecule has 1 heterocycles. The molecule has 0 amide bonds. The van der Waals surface area contributed by atoms with E-state index in [2.05, 4.69) is 0 Å². The normalized spacial score (nSPS) is 12.3. The van der Waals surface area contributed by atoms with Crippen molar-refractivity contribution in [2.24, 2.45) is 0 Å². The first kappa shape index (κ1) is 20.0. The molecule has 0 radical (unpaired) electrons. The van der Waals surface area contributed by atoms with E-state index in [4.69, 9.17) is 5.11 Å². The molecular weight excluding hydrogens is 376 g/mol. The van der Waals surface area contributed by atoms with Crippen molar-refractivity contribution in [3.8, 4) is 0 Å². The molecule has 7 heteroatoms. The van der Waals surface area contributed by atoms with Crippen molar-refractivity contribution in [3.05, 3.63) is 71.9 Å². The van der Waals surface area contributed by atoms with Gasteiger partial charge < -0.3 is 10.0 Å². The van der Waals surface area contributed by atoms with Gasteiger partial charge in [-0.1, -0.05) is 24.3 Å². The van der Waals surface area contributed by atoms with Gasteiger partial charge in [-0.3, -0.25) is 4.79 Å². The van der Waals surface area contributed by atoms with Gasteiger partial charge in [0.15, 0.2) is 5.78 Å². The molecule has 3 rings (SSSR count). The zero-order chi connectivity index (χ0) is 20.3. The van der Waals surface area contributed by atoms with Gasteiger partial charge in [0.25, 0.3) is 10.0 Å². The predicted octanol–water partition coefficient (Wildman–Crippen LogP) is 2.51. The van der Waals surface area contributed by atoms with Gasteiger partial charge in [0.05, 0.1) is 10.4 Å². The van der Waals surface area contributed by atoms with Crippen LogP contribution in [0.3, 0.4) is 0 Å². The second-order valence-electron chi connectivity index (χ2n) is 6.77. The molecule has 0 bridgehead atoms. The highest BCUT2D eigenvalue weighted by molar-refractivity contribution is 7.90. The Balaban J connectivity index is 1.94. The quantitative estimate of drug-likeness (QED) is 0.619. The molecule has 1 N–H and O–H groups in total. The molecule has 2 aromatic carbocycles. The minimum absolute atomic E-state index is 0.227. The lowest BCUT2D eigenvalue weighted by Crippen LogP contribution is -2.13. The summed E-state index contributed by atoms with van der Waals surface area (Å²) in [4.78, 5) is 13.4. The lowest BCUT2D eigenvalue weighted by Gasteiger charge is -2.11. The molecule has 0 saturated heterocycles. The highest BCUT2D eigenvalue weighted by Gasteiger charge is 2.18. The van der Waals surface area contributed by atoms with Crippen LogP contribution in [-0.4, -0.2) is 48.9 Å². The number of aliphatic hydroxyl groups is 1. The average molecular weight is 398 g/mol. The van der Waals surface area contributed by atoms with Crippen LogP contribution in [0, 0.1) is 0 Å². The number of aromatic nitrogens is 1. The van der Waals surface area contributed by atoms with E-state index in [0.29, 0.717) is 5.52 Å². The SMILES string of the molecule is CN(C)Cc1ccc(S(=O)(=O)n2ccc3cc(/C=C/C(=O)CO)ccc32)cc1. The highest BCUT2D eigenvalue weighted by atomic mass is 32.2. The summed E-state index contributed by atoms with van der Waals surface area (Å²) < 4.78 is 27.4. The Labute approximate surface area is 164 Å². The fourth-order valence-electron chi connectivity index (χ4n) is 2.94. The van der Waals surface area contributed by atoms with E-state index < -0.39 is 22.4 Å². The van der Waals surface area contributed by atoms with Crippen molar-refractivity contribution in [1.82, 2.24) is 8.87 Å².